The number of carbonyl (C=O) groups is 1. The summed E-state index contributed by atoms with van der Waals surface area (Å²) in [4.78, 5) is 16.9. The van der Waals surface area contributed by atoms with Gasteiger partial charge in [0.15, 0.2) is 17.4 Å². The van der Waals surface area contributed by atoms with Crippen molar-refractivity contribution in [3.05, 3.63) is 65.2 Å². The van der Waals surface area contributed by atoms with E-state index in [0.717, 1.165) is 25.9 Å². The largest absolute Gasteiger partial charge is 0.484 e. The van der Waals surface area contributed by atoms with Crippen molar-refractivity contribution in [3.63, 3.8) is 0 Å². The van der Waals surface area contributed by atoms with E-state index < -0.39 is 29.3 Å². The first-order valence-electron chi connectivity index (χ1n) is 11.0. The second kappa shape index (κ2) is 9.90. The SMILES string of the molecule is O=C(C1CCN(Cc2ccccc2F)CC1)N1CCC(Oc2c(F)cc(F)cc2F)CC1. The monoisotopic (exact) mass is 450 g/mol. The molecule has 32 heavy (non-hydrogen) atoms. The minimum absolute atomic E-state index is 0.0728. The molecule has 0 saturated carbocycles. The van der Waals surface area contributed by atoms with Crippen molar-refractivity contribution >= 4 is 5.91 Å². The molecule has 0 aromatic heterocycles. The van der Waals surface area contributed by atoms with Gasteiger partial charge in [-0.2, -0.15) is 0 Å². The average molecular weight is 450 g/mol. The van der Waals surface area contributed by atoms with Gasteiger partial charge in [0.1, 0.15) is 17.7 Å². The molecule has 2 aromatic carbocycles. The number of likely N-dealkylation sites (tertiary alicyclic amines) is 2. The number of nitrogens with zero attached hydrogens (tertiary/aromatic N) is 2. The molecule has 0 N–H and O–H groups in total. The lowest BCUT2D eigenvalue weighted by atomic mass is 9.93. The van der Waals surface area contributed by atoms with Crippen LogP contribution in [-0.2, 0) is 11.3 Å². The molecular formula is C24H26F4N2O2. The van der Waals surface area contributed by atoms with Crippen molar-refractivity contribution in [2.45, 2.75) is 38.3 Å². The van der Waals surface area contributed by atoms with E-state index in [0.29, 0.717) is 50.2 Å². The lowest BCUT2D eigenvalue weighted by molar-refractivity contribution is -0.139. The molecule has 4 rings (SSSR count). The van der Waals surface area contributed by atoms with Crippen molar-refractivity contribution in [2.75, 3.05) is 26.2 Å². The van der Waals surface area contributed by atoms with Crippen molar-refractivity contribution in [1.29, 1.82) is 0 Å². The summed E-state index contributed by atoms with van der Waals surface area (Å²) in [5, 5.41) is 0. The van der Waals surface area contributed by atoms with E-state index in [1.807, 2.05) is 6.07 Å². The van der Waals surface area contributed by atoms with E-state index in [2.05, 4.69) is 4.90 Å². The van der Waals surface area contributed by atoms with E-state index in [9.17, 15) is 22.4 Å². The quantitative estimate of drug-likeness (QED) is 0.628. The summed E-state index contributed by atoms with van der Waals surface area (Å²) in [6, 6.07) is 7.91. The average Bonchev–Trinajstić information content (AvgIpc) is 2.78. The highest BCUT2D eigenvalue weighted by molar-refractivity contribution is 5.79. The highest BCUT2D eigenvalue weighted by Crippen LogP contribution is 2.28. The van der Waals surface area contributed by atoms with Gasteiger partial charge < -0.3 is 9.64 Å². The predicted molar refractivity (Wildman–Crippen MR) is 111 cm³/mol. The van der Waals surface area contributed by atoms with Gasteiger partial charge in [-0.25, -0.2) is 17.6 Å². The van der Waals surface area contributed by atoms with Crippen LogP contribution in [0.3, 0.4) is 0 Å². The summed E-state index contributed by atoms with van der Waals surface area (Å²) < 4.78 is 60.0. The summed E-state index contributed by atoms with van der Waals surface area (Å²) in [5.41, 5.74) is 0.661. The molecule has 0 radical (unpaired) electrons. The highest BCUT2D eigenvalue weighted by Gasteiger charge is 2.32. The Bertz CT molecular complexity index is 932. The summed E-state index contributed by atoms with van der Waals surface area (Å²) in [7, 11) is 0. The number of carbonyl (C=O) groups excluding carboxylic acids is 1. The highest BCUT2D eigenvalue weighted by atomic mass is 19.1. The normalized spacial score (nSPS) is 18.7. The maximum atomic E-state index is 13.9. The standard InChI is InChI=1S/C24H26F4N2O2/c25-18-13-21(27)23(22(28)14-18)32-19-7-11-30(12-8-19)24(31)16-5-9-29(10-6-16)15-17-3-1-2-4-20(17)26/h1-4,13-14,16,19H,5-12,15H2. The molecule has 0 aliphatic carbocycles. The Hall–Kier alpha value is -2.61. The van der Waals surface area contributed by atoms with Crippen LogP contribution in [0, 0.1) is 29.2 Å². The lowest BCUT2D eigenvalue weighted by Gasteiger charge is -2.37. The molecule has 0 bridgehead atoms. The third-order valence-electron chi connectivity index (χ3n) is 6.29. The topological polar surface area (TPSA) is 32.8 Å². The number of piperidine rings is 2. The van der Waals surface area contributed by atoms with Gasteiger partial charge in [-0.05, 0) is 32.0 Å². The first-order chi connectivity index (χ1) is 15.4. The minimum Gasteiger partial charge on any atom is -0.484 e. The Labute approximate surface area is 184 Å². The summed E-state index contributed by atoms with van der Waals surface area (Å²) in [5.74, 6) is -3.89. The molecule has 0 spiro atoms. The zero-order valence-corrected chi connectivity index (χ0v) is 17.7. The molecule has 1 amide bonds. The van der Waals surface area contributed by atoms with Crippen molar-refractivity contribution < 1.29 is 27.1 Å². The minimum atomic E-state index is -1.07. The van der Waals surface area contributed by atoms with Crippen LogP contribution in [0.25, 0.3) is 0 Å². The maximum absolute atomic E-state index is 13.9. The number of hydrogen-bond acceptors (Lipinski definition) is 3. The Morgan fingerprint density at radius 2 is 1.50 bits per heavy atom. The molecular weight excluding hydrogens is 424 g/mol. The Balaban J connectivity index is 1.24. The second-order valence-electron chi connectivity index (χ2n) is 8.48. The fraction of sp³-hybridized carbons (Fsp3) is 0.458. The molecule has 0 unspecified atom stereocenters. The fourth-order valence-electron chi connectivity index (χ4n) is 4.47. The zero-order chi connectivity index (χ0) is 22.7. The molecule has 172 valence electrons. The van der Waals surface area contributed by atoms with E-state index in [1.165, 1.54) is 6.07 Å². The van der Waals surface area contributed by atoms with Crippen LogP contribution in [0.15, 0.2) is 36.4 Å². The Morgan fingerprint density at radius 3 is 2.12 bits per heavy atom. The van der Waals surface area contributed by atoms with Gasteiger partial charge in [-0.3, -0.25) is 9.69 Å². The van der Waals surface area contributed by atoms with E-state index in [1.54, 1.807) is 17.0 Å². The summed E-state index contributed by atoms with van der Waals surface area (Å²) in [6.45, 7) is 2.89. The first-order valence-corrected chi connectivity index (χ1v) is 11.0. The third-order valence-corrected chi connectivity index (χ3v) is 6.29. The molecule has 2 saturated heterocycles. The number of benzene rings is 2. The van der Waals surface area contributed by atoms with Crippen LogP contribution in [0.2, 0.25) is 0 Å². The number of amides is 1. The first kappa shape index (κ1) is 22.6. The lowest BCUT2D eigenvalue weighted by Crippen LogP contribution is -2.47. The number of halogens is 4. The second-order valence-corrected chi connectivity index (χ2v) is 8.48. The summed E-state index contributed by atoms with van der Waals surface area (Å²) in [6.07, 6.45) is 1.91. The van der Waals surface area contributed by atoms with Gasteiger partial charge in [0.2, 0.25) is 5.91 Å². The summed E-state index contributed by atoms with van der Waals surface area (Å²) >= 11 is 0. The van der Waals surface area contributed by atoms with Crippen LogP contribution in [0.5, 0.6) is 5.75 Å². The van der Waals surface area contributed by atoms with Crippen molar-refractivity contribution in [2.24, 2.45) is 5.92 Å². The molecule has 2 fully saturated rings. The van der Waals surface area contributed by atoms with Crippen molar-refractivity contribution in [3.8, 4) is 5.75 Å². The van der Waals surface area contributed by atoms with Gasteiger partial charge in [-0.15, -0.1) is 0 Å². The Kier molecular flexibility index (Phi) is 6.98. The van der Waals surface area contributed by atoms with Crippen LogP contribution >= 0.6 is 0 Å². The number of hydrogen-bond donors (Lipinski definition) is 0. The zero-order valence-electron chi connectivity index (χ0n) is 17.7. The molecule has 2 heterocycles. The van der Waals surface area contributed by atoms with E-state index in [4.69, 9.17) is 4.74 Å². The molecule has 8 heteroatoms. The third kappa shape index (κ3) is 5.23. The van der Waals surface area contributed by atoms with E-state index in [-0.39, 0.29) is 17.6 Å². The molecule has 0 atom stereocenters. The predicted octanol–water partition coefficient (Wildman–Crippen LogP) is 4.53. The van der Waals surface area contributed by atoms with Gasteiger partial charge in [0.25, 0.3) is 0 Å². The smallest absolute Gasteiger partial charge is 0.225 e. The number of rotatable bonds is 5. The van der Waals surface area contributed by atoms with Crippen LogP contribution in [-0.4, -0.2) is 48.0 Å². The van der Waals surface area contributed by atoms with Gasteiger partial charge in [0.05, 0.1) is 0 Å². The van der Waals surface area contributed by atoms with Gasteiger partial charge >= 0.3 is 0 Å². The van der Waals surface area contributed by atoms with Crippen LogP contribution in [0.4, 0.5) is 17.6 Å². The van der Waals surface area contributed by atoms with Crippen LogP contribution in [0.1, 0.15) is 31.2 Å². The molecule has 4 nitrogen and oxygen atoms in total. The maximum Gasteiger partial charge on any atom is 0.225 e. The molecule has 2 aromatic rings. The van der Waals surface area contributed by atoms with Crippen molar-refractivity contribution in [1.82, 2.24) is 9.80 Å². The Morgan fingerprint density at radius 1 is 0.875 bits per heavy atom. The van der Waals surface area contributed by atoms with Crippen LogP contribution < -0.4 is 4.74 Å². The van der Waals surface area contributed by atoms with Gasteiger partial charge in [-0.1, -0.05) is 18.2 Å². The fourth-order valence-corrected chi connectivity index (χ4v) is 4.47. The number of ether oxygens (including phenoxy) is 1. The van der Waals surface area contributed by atoms with E-state index >= 15 is 0 Å². The molecule has 2 aliphatic heterocycles. The molecule has 2 aliphatic rings. The van der Waals surface area contributed by atoms with Gasteiger partial charge in [0, 0.05) is 56.1 Å².